The SMILES string of the molecule is CC(C)OCCCNC(=O)c1nnn(-c2ccc(OC(F)(F)F)cc2)c1CSc1ncccn1. The van der Waals surface area contributed by atoms with Gasteiger partial charge < -0.3 is 14.8 Å². The molecule has 0 radical (unpaired) electrons. The maximum atomic E-state index is 12.8. The van der Waals surface area contributed by atoms with Crippen molar-refractivity contribution in [3.05, 3.63) is 54.1 Å². The quantitative estimate of drug-likeness (QED) is 0.243. The summed E-state index contributed by atoms with van der Waals surface area (Å²) in [4.78, 5) is 21.1. The van der Waals surface area contributed by atoms with Gasteiger partial charge in [0.15, 0.2) is 10.9 Å². The number of carbonyl (C=O) groups excluding carboxylic acids is 1. The second-order valence-corrected chi connectivity index (χ2v) is 8.13. The van der Waals surface area contributed by atoms with Crippen LogP contribution in [0.15, 0.2) is 47.9 Å². The van der Waals surface area contributed by atoms with Crippen LogP contribution >= 0.6 is 11.8 Å². The summed E-state index contributed by atoms with van der Waals surface area (Å²) in [5, 5.41) is 11.4. The van der Waals surface area contributed by atoms with Crippen molar-refractivity contribution < 1.29 is 27.4 Å². The Kier molecular flexibility index (Phi) is 8.82. The lowest BCUT2D eigenvalue weighted by atomic mass is 10.2. The van der Waals surface area contributed by atoms with Crippen LogP contribution in [0.2, 0.25) is 0 Å². The van der Waals surface area contributed by atoms with Gasteiger partial charge in [-0.2, -0.15) is 0 Å². The molecule has 0 saturated heterocycles. The van der Waals surface area contributed by atoms with Crippen molar-refractivity contribution in [3.8, 4) is 11.4 Å². The van der Waals surface area contributed by atoms with Gasteiger partial charge in [0.25, 0.3) is 5.91 Å². The Morgan fingerprint density at radius 3 is 2.53 bits per heavy atom. The Morgan fingerprint density at radius 2 is 1.88 bits per heavy atom. The van der Waals surface area contributed by atoms with E-state index >= 15 is 0 Å². The van der Waals surface area contributed by atoms with E-state index in [1.165, 1.54) is 28.6 Å². The lowest BCUT2D eigenvalue weighted by molar-refractivity contribution is -0.274. The van der Waals surface area contributed by atoms with E-state index in [1.54, 1.807) is 18.5 Å². The maximum absolute atomic E-state index is 12.8. The first-order valence-corrected chi connectivity index (χ1v) is 11.3. The molecule has 9 nitrogen and oxygen atoms in total. The summed E-state index contributed by atoms with van der Waals surface area (Å²) in [6.07, 6.45) is -0.876. The van der Waals surface area contributed by atoms with E-state index in [-0.39, 0.29) is 23.3 Å². The van der Waals surface area contributed by atoms with Gasteiger partial charge in [0.2, 0.25) is 0 Å². The van der Waals surface area contributed by atoms with E-state index in [0.717, 1.165) is 12.1 Å². The molecule has 0 spiro atoms. The second-order valence-electron chi connectivity index (χ2n) is 7.19. The molecule has 2 heterocycles. The molecular formula is C21H23F3N6O3S. The van der Waals surface area contributed by atoms with Crippen LogP contribution in [-0.2, 0) is 10.5 Å². The second kappa shape index (κ2) is 11.8. The Bertz CT molecular complexity index is 1060. The number of hydrogen-bond donors (Lipinski definition) is 1. The van der Waals surface area contributed by atoms with Gasteiger partial charge in [-0.3, -0.25) is 4.79 Å². The number of halogens is 3. The van der Waals surface area contributed by atoms with Crippen molar-refractivity contribution in [2.45, 2.75) is 43.6 Å². The number of alkyl halides is 3. The van der Waals surface area contributed by atoms with Crippen LogP contribution in [0.25, 0.3) is 5.69 Å². The van der Waals surface area contributed by atoms with Crippen LogP contribution < -0.4 is 10.1 Å². The standard InChI is InChI=1S/C21H23F3N6O3S/c1-14(2)32-12-4-11-25-19(31)18-17(13-34-20-26-9-3-10-27-20)30(29-28-18)15-5-7-16(8-6-15)33-21(22,23)24/h3,5-10,14H,4,11-13H2,1-2H3,(H,25,31). The molecule has 0 bridgehead atoms. The molecule has 0 unspecified atom stereocenters. The highest BCUT2D eigenvalue weighted by atomic mass is 32.2. The molecule has 0 fully saturated rings. The Balaban J connectivity index is 1.78. The smallest absolute Gasteiger partial charge is 0.406 e. The number of benzene rings is 1. The fourth-order valence-corrected chi connectivity index (χ4v) is 3.57. The van der Waals surface area contributed by atoms with Crippen molar-refractivity contribution in [1.82, 2.24) is 30.3 Å². The van der Waals surface area contributed by atoms with Gasteiger partial charge in [0, 0.05) is 31.3 Å². The highest BCUT2D eigenvalue weighted by Crippen LogP contribution is 2.26. The first-order chi connectivity index (χ1) is 16.2. The summed E-state index contributed by atoms with van der Waals surface area (Å²) in [5.41, 5.74) is 0.956. The van der Waals surface area contributed by atoms with E-state index in [0.29, 0.717) is 36.1 Å². The van der Waals surface area contributed by atoms with Gasteiger partial charge >= 0.3 is 6.36 Å². The van der Waals surface area contributed by atoms with E-state index in [4.69, 9.17) is 4.74 Å². The highest BCUT2D eigenvalue weighted by molar-refractivity contribution is 7.98. The molecule has 0 aliphatic rings. The number of ether oxygens (including phenoxy) is 2. The van der Waals surface area contributed by atoms with Crippen molar-refractivity contribution in [3.63, 3.8) is 0 Å². The number of hydrogen-bond acceptors (Lipinski definition) is 8. The summed E-state index contributed by atoms with van der Waals surface area (Å²) >= 11 is 1.27. The van der Waals surface area contributed by atoms with Crippen LogP contribution in [0.3, 0.4) is 0 Å². The third-order valence-corrected chi connectivity index (χ3v) is 5.12. The minimum atomic E-state index is -4.79. The topological polar surface area (TPSA) is 104 Å². The number of amides is 1. The van der Waals surface area contributed by atoms with Crippen molar-refractivity contribution in [1.29, 1.82) is 0 Å². The van der Waals surface area contributed by atoms with Crippen LogP contribution in [0.5, 0.6) is 5.75 Å². The third kappa shape index (κ3) is 7.70. The zero-order valence-corrected chi connectivity index (χ0v) is 19.3. The Hall–Kier alpha value is -3.19. The minimum Gasteiger partial charge on any atom is -0.406 e. The first-order valence-electron chi connectivity index (χ1n) is 10.3. The molecule has 0 atom stereocenters. The van der Waals surface area contributed by atoms with E-state index in [1.807, 2.05) is 13.8 Å². The molecule has 0 aliphatic carbocycles. The van der Waals surface area contributed by atoms with Crippen molar-refractivity contribution >= 4 is 17.7 Å². The number of aromatic nitrogens is 5. The molecule has 1 N–H and O–H groups in total. The molecule has 1 aromatic carbocycles. The lowest BCUT2D eigenvalue weighted by Crippen LogP contribution is -2.27. The predicted molar refractivity (Wildman–Crippen MR) is 118 cm³/mol. The maximum Gasteiger partial charge on any atom is 0.573 e. The molecule has 2 aromatic heterocycles. The van der Waals surface area contributed by atoms with Gasteiger partial charge in [-0.1, -0.05) is 17.0 Å². The average molecular weight is 497 g/mol. The van der Waals surface area contributed by atoms with Crippen LogP contribution in [0.4, 0.5) is 13.2 Å². The number of thioether (sulfide) groups is 1. The first kappa shape index (κ1) is 25.4. The molecule has 0 aliphatic heterocycles. The molecular weight excluding hydrogens is 473 g/mol. The summed E-state index contributed by atoms with van der Waals surface area (Å²) in [6.45, 7) is 4.75. The molecule has 0 saturated carbocycles. The minimum absolute atomic E-state index is 0.101. The summed E-state index contributed by atoms with van der Waals surface area (Å²) in [6, 6.07) is 6.80. The van der Waals surface area contributed by atoms with E-state index < -0.39 is 12.3 Å². The zero-order chi connectivity index (χ0) is 24.6. The fraction of sp³-hybridized carbons (Fsp3) is 0.381. The molecule has 3 rings (SSSR count). The van der Waals surface area contributed by atoms with Gasteiger partial charge in [-0.15, -0.1) is 18.3 Å². The normalized spacial score (nSPS) is 11.6. The van der Waals surface area contributed by atoms with Crippen LogP contribution in [0.1, 0.15) is 36.5 Å². The predicted octanol–water partition coefficient (Wildman–Crippen LogP) is 3.79. The van der Waals surface area contributed by atoms with Crippen LogP contribution in [0, 0.1) is 0 Å². The lowest BCUT2D eigenvalue weighted by Gasteiger charge is -2.11. The number of nitrogens with zero attached hydrogens (tertiary/aromatic N) is 5. The summed E-state index contributed by atoms with van der Waals surface area (Å²) in [7, 11) is 0. The average Bonchev–Trinajstić information content (AvgIpc) is 3.21. The molecule has 182 valence electrons. The Morgan fingerprint density at radius 1 is 1.18 bits per heavy atom. The fourth-order valence-electron chi connectivity index (χ4n) is 2.77. The molecule has 34 heavy (non-hydrogen) atoms. The van der Waals surface area contributed by atoms with Crippen molar-refractivity contribution in [2.75, 3.05) is 13.2 Å². The summed E-state index contributed by atoms with van der Waals surface area (Å²) < 4.78 is 48.1. The van der Waals surface area contributed by atoms with Gasteiger partial charge in [0.05, 0.1) is 17.5 Å². The molecule has 3 aromatic rings. The van der Waals surface area contributed by atoms with E-state index in [9.17, 15) is 18.0 Å². The largest absolute Gasteiger partial charge is 0.573 e. The van der Waals surface area contributed by atoms with Gasteiger partial charge in [-0.05, 0) is 50.6 Å². The van der Waals surface area contributed by atoms with Gasteiger partial charge in [-0.25, -0.2) is 14.6 Å². The molecule has 1 amide bonds. The zero-order valence-electron chi connectivity index (χ0n) is 18.5. The van der Waals surface area contributed by atoms with Gasteiger partial charge in [0.1, 0.15) is 5.75 Å². The molecule has 13 heteroatoms. The third-order valence-electron chi connectivity index (χ3n) is 4.23. The number of nitrogens with one attached hydrogen (secondary N) is 1. The Labute approximate surface area is 198 Å². The number of rotatable bonds is 11. The monoisotopic (exact) mass is 496 g/mol. The highest BCUT2D eigenvalue weighted by Gasteiger charge is 2.31. The summed E-state index contributed by atoms with van der Waals surface area (Å²) in [5.74, 6) is -0.541. The van der Waals surface area contributed by atoms with E-state index in [2.05, 4.69) is 30.3 Å². The van der Waals surface area contributed by atoms with Crippen LogP contribution in [-0.4, -0.2) is 56.5 Å². The van der Waals surface area contributed by atoms with Crippen molar-refractivity contribution in [2.24, 2.45) is 0 Å². The number of carbonyl (C=O) groups is 1.